The molecule has 0 spiro atoms. The number of rotatable bonds is 2. The molecule has 1 saturated heterocycles. The average molecular weight is 447 g/mol. The first-order chi connectivity index (χ1) is 15.7. The first-order valence-corrected chi connectivity index (χ1v) is 11.2. The zero-order valence-corrected chi connectivity index (χ0v) is 18.3. The summed E-state index contributed by atoms with van der Waals surface area (Å²) in [4.78, 5) is 9.90. The Morgan fingerprint density at radius 3 is 2.62 bits per heavy atom. The SMILES string of the molecule is Clc1ccc2c(c1)C(N1CCN(Cc3ccc4c(c3)OCO4)CC1)=Nc1ccccc1N2. The molecule has 0 aromatic heterocycles. The predicted molar refractivity (Wildman–Crippen MR) is 127 cm³/mol. The Morgan fingerprint density at radius 2 is 1.72 bits per heavy atom. The molecule has 0 bridgehead atoms. The Bertz CT molecular complexity index is 1200. The van der Waals surface area contributed by atoms with Crippen molar-refractivity contribution in [2.75, 3.05) is 38.3 Å². The van der Waals surface area contributed by atoms with Crippen molar-refractivity contribution in [2.45, 2.75) is 6.54 Å². The lowest BCUT2D eigenvalue weighted by Crippen LogP contribution is -2.48. The summed E-state index contributed by atoms with van der Waals surface area (Å²) in [6, 6.07) is 20.3. The molecule has 0 radical (unpaired) electrons. The molecule has 6 rings (SSSR count). The maximum absolute atomic E-state index is 6.37. The van der Waals surface area contributed by atoms with E-state index in [0.29, 0.717) is 11.8 Å². The normalized spacial score (nSPS) is 17.2. The highest BCUT2D eigenvalue weighted by Crippen LogP contribution is 2.36. The lowest BCUT2D eigenvalue weighted by Gasteiger charge is -2.36. The predicted octanol–water partition coefficient (Wildman–Crippen LogP) is 5.02. The zero-order chi connectivity index (χ0) is 21.5. The summed E-state index contributed by atoms with van der Waals surface area (Å²) in [5.41, 5.74) is 5.26. The van der Waals surface area contributed by atoms with E-state index in [1.54, 1.807) is 0 Å². The van der Waals surface area contributed by atoms with Crippen molar-refractivity contribution in [3.8, 4) is 11.5 Å². The summed E-state index contributed by atoms with van der Waals surface area (Å²) < 4.78 is 11.0. The summed E-state index contributed by atoms with van der Waals surface area (Å²) in [6.07, 6.45) is 0. The van der Waals surface area contributed by atoms with Crippen molar-refractivity contribution in [1.29, 1.82) is 0 Å². The largest absolute Gasteiger partial charge is 0.454 e. The van der Waals surface area contributed by atoms with Gasteiger partial charge in [0.25, 0.3) is 0 Å². The fourth-order valence-electron chi connectivity index (χ4n) is 4.46. The second-order valence-electron chi connectivity index (χ2n) is 8.22. The van der Waals surface area contributed by atoms with Gasteiger partial charge in [-0.05, 0) is 48.0 Å². The number of nitrogens with zero attached hydrogens (tertiary/aromatic N) is 3. The molecule has 3 aliphatic heterocycles. The number of anilines is 2. The van der Waals surface area contributed by atoms with Crippen LogP contribution in [-0.4, -0.2) is 48.6 Å². The second-order valence-corrected chi connectivity index (χ2v) is 8.65. The van der Waals surface area contributed by atoms with Crippen LogP contribution in [0.25, 0.3) is 0 Å². The third-order valence-corrected chi connectivity index (χ3v) is 6.37. The molecule has 0 aliphatic carbocycles. The minimum Gasteiger partial charge on any atom is -0.454 e. The van der Waals surface area contributed by atoms with Crippen LogP contribution in [0.5, 0.6) is 11.5 Å². The molecule has 3 aromatic carbocycles. The lowest BCUT2D eigenvalue weighted by molar-refractivity contribution is 0.172. The Labute approximate surface area is 192 Å². The third kappa shape index (κ3) is 3.66. The smallest absolute Gasteiger partial charge is 0.231 e. The molecule has 0 unspecified atom stereocenters. The molecule has 0 saturated carbocycles. The summed E-state index contributed by atoms with van der Waals surface area (Å²) >= 11 is 6.37. The van der Waals surface area contributed by atoms with Gasteiger partial charge in [-0.25, -0.2) is 4.99 Å². The number of aliphatic imine (C=N–C) groups is 1. The van der Waals surface area contributed by atoms with Gasteiger partial charge in [-0.15, -0.1) is 0 Å². The van der Waals surface area contributed by atoms with E-state index in [-0.39, 0.29) is 0 Å². The monoisotopic (exact) mass is 446 g/mol. The van der Waals surface area contributed by atoms with E-state index in [1.807, 2.05) is 42.5 Å². The number of fused-ring (bicyclic) bond motifs is 3. The molecule has 3 heterocycles. The van der Waals surface area contributed by atoms with Crippen LogP contribution in [0, 0.1) is 0 Å². The topological polar surface area (TPSA) is 49.3 Å². The van der Waals surface area contributed by atoms with Gasteiger partial charge in [-0.1, -0.05) is 29.8 Å². The quantitative estimate of drug-likeness (QED) is 0.598. The number of ether oxygens (including phenoxy) is 2. The molecule has 162 valence electrons. The first-order valence-electron chi connectivity index (χ1n) is 10.8. The minimum atomic E-state index is 0.309. The van der Waals surface area contributed by atoms with Gasteiger partial charge in [0.2, 0.25) is 6.79 Å². The molecule has 3 aromatic rings. The zero-order valence-electron chi connectivity index (χ0n) is 17.6. The number of para-hydroxylation sites is 2. The molecule has 0 atom stereocenters. The van der Waals surface area contributed by atoms with Crippen LogP contribution < -0.4 is 14.8 Å². The van der Waals surface area contributed by atoms with Crippen LogP contribution in [0.15, 0.2) is 65.7 Å². The van der Waals surface area contributed by atoms with Gasteiger partial charge in [0.1, 0.15) is 5.84 Å². The average Bonchev–Trinajstić information content (AvgIpc) is 3.21. The highest BCUT2D eigenvalue weighted by molar-refractivity contribution is 6.31. The molecule has 0 amide bonds. The van der Waals surface area contributed by atoms with E-state index in [9.17, 15) is 0 Å². The van der Waals surface area contributed by atoms with E-state index in [4.69, 9.17) is 26.1 Å². The Morgan fingerprint density at radius 1 is 0.875 bits per heavy atom. The van der Waals surface area contributed by atoms with Crippen molar-refractivity contribution >= 4 is 34.5 Å². The van der Waals surface area contributed by atoms with Gasteiger partial charge in [-0.2, -0.15) is 0 Å². The highest BCUT2D eigenvalue weighted by atomic mass is 35.5. The Kier molecular flexibility index (Phi) is 4.89. The molecule has 1 N–H and O–H groups in total. The van der Waals surface area contributed by atoms with E-state index in [0.717, 1.165) is 72.7 Å². The summed E-state index contributed by atoms with van der Waals surface area (Å²) in [6.45, 7) is 4.92. The van der Waals surface area contributed by atoms with Crippen LogP contribution >= 0.6 is 11.6 Å². The van der Waals surface area contributed by atoms with Crippen LogP contribution in [0.4, 0.5) is 17.1 Å². The Balaban J connectivity index is 1.23. The number of halogens is 1. The number of hydrogen-bond donors (Lipinski definition) is 1. The summed E-state index contributed by atoms with van der Waals surface area (Å²) in [5.74, 6) is 2.65. The second kappa shape index (κ2) is 8.04. The van der Waals surface area contributed by atoms with Crippen molar-refractivity contribution < 1.29 is 9.47 Å². The maximum atomic E-state index is 6.37. The molecular formula is C25H23ClN4O2. The van der Waals surface area contributed by atoms with Gasteiger partial charge in [0.15, 0.2) is 11.5 Å². The maximum Gasteiger partial charge on any atom is 0.231 e. The van der Waals surface area contributed by atoms with Crippen LogP contribution in [-0.2, 0) is 6.54 Å². The number of hydrogen-bond acceptors (Lipinski definition) is 6. The lowest BCUT2D eigenvalue weighted by atomic mass is 10.1. The van der Waals surface area contributed by atoms with Crippen molar-refractivity contribution in [1.82, 2.24) is 9.80 Å². The van der Waals surface area contributed by atoms with Crippen LogP contribution in [0.2, 0.25) is 5.02 Å². The van der Waals surface area contributed by atoms with E-state index in [1.165, 1.54) is 5.56 Å². The van der Waals surface area contributed by atoms with Crippen molar-refractivity contribution in [2.24, 2.45) is 4.99 Å². The number of amidine groups is 1. The number of nitrogens with one attached hydrogen (secondary N) is 1. The van der Waals surface area contributed by atoms with Gasteiger partial charge < -0.3 is 19.7 Å². The Hall–Kier alpha value is -3.22. The first kappa shape index (κ1) is 19.5. The van der Waals surface area contributed by atoms with Gasteiger partial charge in [0, 0.05) is 49.0 Å². The van der Waals surface area contributed by atoms with Gasteiger partial charge >= 0.3 is 0 Å². The van der Waals surface area contributed by atoms with Crippen LogP contribution in [0.3, 0.4) is 0 Å². The molecule has 3 aliphatic rings. The molecular weight excluding hydrogens is 424 g/mol. The van der Waals surface area contributed by atoms with Gasteiger partial charge in [-0.3, -0.25) is 4.90 Å². The van der Waals surface area contributed by atoms with Crippen molar-refractivity contribution in [3.63, 3.8) is 0 Å². The standard InChI is InChI=1S/C25H23ClN4O2/c26-18-6-7-20-19(14-18)25(28-22-4-2-1-3-21(22)27-20)30-11-9-29(10-12-30)15-17-5-8-23-24(13-17)32-16-31-23/h1-8,13-14,27H,9-12,15-16H2. The number of benzene rings is 3. The summed E-state index contributed by atoms with van der Waals surface area (Å²) in [7, 11) is 0. The van der Waals surface area contributed by atoms with E-state index < -0.39 is 0 Å². The fraction of sp³-hybridized carbons (Fsp3) is 0.240. The molecule has 7 heteroatoms. The molecule has 6 nitrogen and oxygen atoms in total. The van der Waals surface area contributed by atoms with Crippen molar-refractivity contribution in [3.05, 3.63) is 76.8 Å². The van der Waals surface area contributed by atoms with E-state index in [2.05, 4.69) is 33.3 Å². The van der Waals surface area contributed by atoms with Gasteiger partial charge in [0.05, 0.1) is 11.4 Å². The molecule has 32 heavy (non-hydrogen) atoms. The van der Waals surface area contributed by atoms with E-state index >= 15 is 0 Å². The third-order valence-electron chi connectivity index (χ3n) is 6.14. The minimum absolute atomic E-state index is 0.309. The highest BCUT2D eigenvalue weighted by Gasteiger charge is 2.25. The summed E-state index contributed by atoms with van der Waals surface area (Å²) in [5, 5.41) is 4.24. The van der Waals surface area contributed by atoms with Crippen LogP contribution in [0.1, 0.15) is 11.1 Å². The number of piperazine rings is 1. The molecule has 1 fully saturated rings. The fourth-order valence-corrected chi connectivity index (χ4v) is 4.64.